The van der Waals surface area contributed by atoms with Crippen LogP contribution in [0, 0.1) is 19.8 Å². The number of fused-ring (bicyclic) bond motifs is 1. The van der Waals surface area contributed by atoms with Crippen LogP contribution in [0.4, 0.5) is 0 Å². The summed E-state index contributed by atoms with van der Waals surface area (Å²) in [6.07, 6.45) is 2.98. The number of amides is 1. The molecular formula is C23H21NO4S. The van der Waals surface area contributed by atoms with Gasteiger partial charge in [-0.15, -0.1) is 0 Å². The largest absolute Gasteiger partial charge is 0.295 e. The van der Waals surface area contributed by atoms with Crippen LogP contribution in [0.1, 0.15) is 23.1 Å². The number of carbonyl (C=O) groups is 2. The van der Waals surface area contributed by atoms with E-state index in [0.29, 0.717) is 5.56 Å². The van der Waals surface area contributed by atoms with Crippen LogP contribution in [-0.4, -0.2) is 24.4 Å². The fraction of sp³-hybridized carbons (Fsp3) is 0.217. The van der Waals surface area contributed by atoms with Crippen molar-refractivity contribution in [1.29, 1.82) is 0 Å². The van der Waals surface area contributed by atoms with E-state index in [1.807, 2.05) is 32.0 Å². The molecule has 1 fully saturated rings. The molecule has 1 saturated heterocycles. The molecule has 0 bridgehead atoms. The summed E-state index contributed by atoms with van der Waals surface area (Å²) in [5.74, 6) is -1.46. The van der Waals surface area contributed by atoms with E-state index in [0.717, 1.165) is 15.4 Å². The average Bonchev–Trinajstić information content (AvgIpc) is 2.91. The summed E-state index contributed by atoms with van der Waals surface area (Å²) in [7, 11) is -4.19. The Hall–Kier alpha value is -2.99. The van der Waals surface area contributed by atoms with E-state index >= 15 is 0 Å². The number of ketones is 1. The van der Waals surface area contributed by atoms with Gasteiger partial charge in [0.05, 0.1) is 4.90 Å². The lowest BCUT2D eigenvalue weighted by Gasteiger charge is -2.41. The lowest BCUT2D eigenvalue weighted by molar-refractivity contribution is -0.123. The molecule has 6 heteroatoms. The van der Waals surface area contributed by atoms with Crippen molar-refractivity contribution in [2.75, 3.05) is 0 Å². The molecule has 1 unspecified atom stereocenters. The van der Waals surface area contributed by atoms with Crippen molar-refractivity contribution in [1.82, 2.24) is 4.31 Å². The fourth-order valence-electron chi connectivity index (χ4n) is 4.34. The standard InChI is InChI=1S/C23H21NO4S/c1-15-8-10-19(11-9-15)29(27,28)24-22(26)17(3)21-14-18(25)12-13-23(21,24)20-7-5-4-6-16(20)2/h4-13,21H,3,14H2,1-2H3/t21?,23-/m0/s1. The van der Waals surface area contributed by atoms with Gasteiger partial charge in [-0.3, -0.25) is 9.59 Å². The van der Waals surface area contributed by atoms with E-state index < -0.39 is 27.4 Å². The summed E-state index contributed by atoms with van der Waals surface area (Å²) in [6, 6.07) is 13.7. The molecule has 2 aromatic rings. The van der Waals surface area contributed by atoms with E-state index in [4.69, 9.17) is 0 Å². The smallest absolute Gasteiger partial charge is 0.267 e. The number of allylic oxidation sites excluding steroid dienone is 1. The Labute approximate surface area is 170 Å². The number of aryl methyl sites for hydroxylation is 2. The number of hydrogen-bond donors (Lipinski definition) is 0. The number of rotatable bonds is 3. The van der Waals surface area contributed by atoms with Crippen molar-refractivity contribution in [2.24, 2.45) is 5.92 Å². The first-order valence-corrected chi connectivity index (χ1v) is 10.8. The molecule has 29 heavy (non-hydrogen) atoms. The molecule has 5 nitrogen and oxygen atoms in total. The highest BCUT2D eigenvalue weighted by atomic mass is 32.2. The van der Waals surface area contributed by atoms with Gasteiger partial charge in [-0.1, -0.05) is 48.5 Å². The van der Waals surface area contributed by atoms with E-state index in [9.17, 15) is 18.0 Å². The van der Waals surface area contributed by atoms with Gasteiger partial charge >= 0.3 is 0 Å². The third kappa shape index (κ3) is 2.70. The van der Waals surface area contributed by atoms with Crippen molar-refractivity contribution in [2.45, 2.75) is 30.7 Å². The van der Waals surface area contributed by atoms with Crippen LogP contribution in [0.15, 0.2) is 77.7 Å². The molecule has 0 N–H and O–H groups in total. The van der Waals surface area contributed by atoms with Crippen molar-refractivity contribution in [3.8, 4) is 0 Å². The minimum absolute atomic E-state index is 0.0307. The predicted octanol–water partition coefficient (Wildman–Crippen LogP) is 3.43. The maximum Gasteiger partial charge on any atom is 0.267 e. The molecule has 0 spiro atoms. The summed E-state index contributed by atoms with van der Waals surface area (Å²) in [4.78, 5) is 25.5. The second-order valence-corrected chi connectivity index (χ2v) is 9.40. The van der Waals surface area contributed by atoms with Crippen LogP contribution in [0.3, 0.4) is 0 Å². The highest BCUT2D eigenvalue weighted by Gasteiger charge is 2.61. The summed E-state index contributed by atoms with van der Waals surface area (Å²) < 4.78 is 28.3. The molecule has 1 aliphatic heterocycles. The SMILES string of the molecule is C=C1C(=O)N(S(=O)(=O)c2ccc(C)cc2)[C@]2(c3ccccc3C)C=CC(=O)CC12. The van der Waals surface area contributed by atoms with Gasteiger partial charge < -0.3 is 0 Å². The van der Waals surface area contributed by atoms with Crippen LogP contribution >= 0.6 is 0 Å². The zero-order valence-electron chi connectivity index (χ0n) is 16.3. The van der Waals surface area contributed by atoms with Gasteiger partial charge in [0.25, 0.3) is 15.9 Å². The number of hydrogen-bond acceptors (Lipinski definition) is 4. The quantitative estimate of drug-likeness (QED) is 0.731. The molecule has 148 valence electrons. The summed E-state index contributed by atoms with van der Waals surface area (Å²) in [6.45, 7) is 7.61. The Morgan fingerprint density at radius 3 is 2.34 bits per heavy atom. The van der Waals surface area contributed by atoms with Crippen LogP contribution in [0.25, 0.3) is 0 Å². The van der Waals surface area contributed by atoms with Crippen LogP contribution in [0.5, 0.6) is 0 Å². The van der Waals surface area contributed by atoms with Crippen molar-refractivity contribution < 1.29 is 18.0 Å². The highest BCUT2D eigenvalue weighted by molar-refractivity contribution is 7.89. The number of nitrogens with zero attached hydrogens (tertiary/aromatic N) is 1. The van der Waals surface area contributed by atoms with E-state index in [2.05, 4.69) is 6.58 Å². The molecule has 0 aromatic heterocycles. The molecule has 0 saturated carbocycles. The monoisotopic (exact) mass is 407 g/mol. The topological polar surface area (TPSA) is 71.5 Å². The van der Waals surface area contributed by atoms with Crippen molar-refractivity contribution in [3.05, 3.63) is 89.5 Å². The Balaban J connectivity index is 2.03. The average molecular weight is 407 g/mol. The first kappa shape index (κ1) is 19.3. The molecule has 2 aromatic carbocycles. The molecule has 1 amide bonds. The Morgan fingerprint density at radius 2 is 1.69 bits per heavy atom. The minimum Gasteiger partial charge on any atom is -0.295 e. The third-order valence-electron chi connectivity index (χ3n) is 5.81. The number of carbonyl (C=O) groups excluding carboxylic acids is 2. The van der Waals surface area contributed by atoms with Gasteiger partial charge in [0.1, 0.15) is 5.54 Å². The first-order chi connectivity index (χ1) is 13.7. The van der Waals surface area contributed by atoms with E-state index in [-0.39, 0.29) is 22.7 Å². The summed E-state index contributed by atoms with van der Waals surface area (Å²) in [5.41, 5.74) is 1.26. The maximum absolute atomic E-state index is 13.7. The number of sulfonamides is 1. The zero-order chi connectivity index (χ0) is 21.0. The van der Waals surface area contributed by atoms with Crippen LogP contribution in [0.2, 0.25) is 0 Å². The molecule has 0 radical (unpaired) electrons. The van der Waals surface area contributed by atoms with Gasteiger partial charge in [-0.05, 0) is 49.3 Å². The second-order valence-electron chi connectivity index (χ2n) is 7.61. The normalized spacial score (nSPS) is 24.1. The molecule has 2 aliphatic rings. The predicted molar refractivity (Wildman–Crippen MR) is 109 cm³/mol. The van der Waals surface area contributed by atoms with Gasteiger partial charge in [-0.2, -0.15) is 0 Å². The van der Waals surface area contributed by atoms with Crippen molar-refractivity contribution in [3.63, 3.8) is 0 Å². The van der Waals surface area contributed by atoms with Gasteiger partial charge in [0.2, 0.25) is 0 Å². The lowest BCUT2D eigenvalue weighted by Crippen LogP contribution is -2.50. The van der Waals surface area contributed by atoms with Gasteiger partial charge in [0.15, 0.2) is 5.78 Å². The van der Waals surface area contributed by atoms with Crippen LogP contribution < -0.4 is 0 Å². The minimum atomic E-state index is -4.19. The maximum atomic E-state index is 13.7. The second kappa shape index (κ2) is 6.52. The zero-order valence-corrected chi connectivity index (χ0v) is 17.1. The third-order valence-corrected chi connectivity index (χ3v) is 7.63. The molecule has 4 rings (SSSR count). The van der Waals surface area contributed by atoms with Gasteiger partial charge in [-0.25, -0.2) is 12.7 Å². The van der Waals surface area contributed by atoms with Gasteiger partial charge in [0, 0.05) is 17.9 Å². The Morgan fingerprint density at radius 1 is 1.03 bits per heavy atom. The van der Waals surface area contributed by atoms with Crippen molar-refractivity contribution >= 4 is 21.7 Å². The lowest BCUT2D eigenvalue weighted by atomic mass is 9.71. The molecule has 1 aliphatic carbocycles. The van der Waals surface area contributed by atoms with Crippen LogP contribution in [-0.2, 0) is 25.2 Å². The Bertz CT molecular complexity index is 1180. The fourth-order valence-corrected chi connectivity index (χ4v) is 6.05. The van der Waals surface area contributed by atoms with E-state index in [1.54, 1.807) is 24.3 Å². The summed E-state index contributed by atoms with van der Waals surface area (Å²) in [5, 5.41) is 0. The molecule has 1 heterocycles. The number of benzene rings is 2. The highest BCUT2D eigenvalue weighted by Crippen LogP contribution is 2.53. The van der Waals surface area contributed by atoms with E-state index in [1.165, 1.54) is 18.2 Å². The molecule has 2 atom stereocenters. The Kier molecular flexibility index (Phi) is 4.35. The summed E-state index contributed by atoms with van der Waals surface area (Å²) >= 11 is 0. The molecular weight excluding hydrogens is 386 g/mol. The first-order valence-electron chi connectivity index (χ1n) is 9.33.